The van der Waals surface area contributed by atoms with Crippen LogP contribution in [0.15, 0.2) is 57.0 Å². The lowest BCUT2D eigenvalue weighted by Gasteiger charge is -2.16. The van der Waals surface area contributed by atoms with Crippen LogP contribution in [0, 0.1) is 0 Å². The molecule has 0 saturated carbocycles. The van der Waals surface area contributed by atoms with Gasteiger partial charge in [0.25, 0.3) is 5.90 Å². The second kappa shape index (κ2) is 13.0. The van der Waals surface area contributed by atoms with Crippen molar-refractivity contribution < 1.29 is 24.1 Å². The van der Waals surface area contributed by atoms with Gasteiger partial charge in [0.2, 0.25) is 0 Å². The maximum Gasteiger partial charge on any atom is 0.280 e. The van der Waals surface area contributed by atoms with Crippen LogP contribution in [0.5, 0.6) is 0 Å². The van der Waals surface area contributed by atoms with Crippen molar-refractivity contribution in [2.75, 3.05) is 27.4 Å². The minimum Gasteiger partial charge on any atom is -0.470 e. The van der Waals surface area contributed by atoms with Crippen molar-refractivity contribution in [2.24, 2.45) is 20.6 Å². The highest BCUT2D eigenvalue weighted by Gasteiger charge is 2.21. The number of unbranched alkanes of at least 4 members (excludes halogenated alkanes) is 1. The Balaban J connectivity index is 2.18. The standard InChI is InChI=1S/C21H28N4O5/c1-5-6-7-12-19(23-26-3)16(2)22-30-15-17-10-8-9-11-18(17)20(24-27-4)21-25-29-14-13-28-21/h7-12H,5-6,13-15H2,1-4H3/b12-7-,22-16+,23-19+,24-20+. The number of oxime groups is 4. The molecule has 162 valence electrons. The molecule has 0 unspecified atom stereocenters. The first-order valence-electron chi connectivity index (χ1n) is 9.68. The molecule has 0 radical (unpaired) electrons. The van der Waals surface area contributed by atoms with Crippen molar-refractivity contribution in [1.82, 2.24) is 0 Å². The summed E-state index contributed by atoms with van der Waals surface area (Å²) in [6, 6.07) is 7.55. The summed E-state index contributed by atoms with van der Waals surface area (Å²) >= 11 is 0. The second-order valence-electron chi connectivity index (χ2n) is 6.16. The van der Waals surface area contributed by atoms with Gasteiger partial charge in [0, 0.05) is 11.1 Å². The lowest BCUT2D eigenvalue weighted by molar-refractivity contribution is 0.0672. The smallest absolute Gasteiger partial charge is 0.280 e. The van der Waals surface area contributed by atoms with Crippen molar-refractivity contribution in [3.8, 4) is 0 Å². The first-order chi connectivity index (χ1) is 14.7. The number of rotatable bonds is 11. The summed E-state index contributed by atoms with van der Waals surface area (Å²) in [7, 11) is 2.95. The molecule has 0 aromatic heterocycles. The Morgan fingerprint density at radius 1 is 1.13 bits per heavy atom. The molecule has 0 N–H and O–H groups in total. The predicted molar refractivity (Wildman–Crippen MR) is 116 cm³/mol. The van der Waals surface area contributed by atoms with Gasteiger partial charge in [0.15, 0.2) is 12.3 Å². The Morgan fingerprint density at radius 2 is 1.93 bits per heavy atom. The van der Waals surface area contributed by atoms with Gasteiger partial charge in [-0.1, -0.05) is 59.2 Å². The Bertz CT molecular complexity index is 830. The van der Waals surface area contributed by atoms with Crippen LogP contribution in [-0.4, -0.2) is 50.5 Å². The molecule has 1 aliphatic heterocycles. The summed E-state index contributed by atoms with van der Waals surface area (Å²) in [5.41, 5.74) is 3.18. The van der Waals surface area contributed by atoms with Crippen molar-refractivity contribution in [1.29, 1.82) is 0 Å². The molecule has 1 aliphatic rings. The van der Waals surface area contributed by atoms with E-state index < -0.39 is 0 Å². The SMILES string of the molecule is CCC\C=C/C(=N\OC)C(/C)=N/OCc1ccccc1/C(=N\OC)C1=NOCCO1. The molecule has 1 aromatic carbocycles. The highest BCUT2D eigenvalue weighted by molar-refractivity contribution is 6.46. The maximum absolute atomic E-state index is 5.58. The number of hydrogen-bond donors (Lipinski definition) is 0. The van der Waals surface area contributed by atoms with E-state index in [4.69, 9.17) is 24.1 Å². The van der Waals surface area contributed by atoms with Crippen LogP contribution < -0.4 is 0 Å². The quantitative estimate of drug-likeness (QED) is 0.405. The van der Waals surface area contributed by atoms with E-state index in [0.29, 0.717) is 30.3 Å². The Hall–Kier alpha value is -3.36. The third-order valence-corrected chi connectivity index (χ3v) is 3.93. The summed E-state index contributed by atoms with van der Waals surface area (Å²) in [4.78, 5) is 20.6. The van der Waals surface area contributed by atoms with Gasteiger partial charge >= 0.3 is 0 Å². The minimum absolute atomic E-state index is 0.198. The molecule has 0 saturated heterocycles. The average molecular weight is 416 g/mol. The van der Waals surface area contributed by atoms with Crippen molar-refractivity contribution >= 4 is 23.0 Å². The van der Waals surface area contributed by atoms with Gasteiger partial charge in [-0.3, -0.25) is 0 Å². The van der Waals surface area contributed by atoms with E-state index in [9.17, 15) is 0 Å². The maximum atomic E-state index is 5.58. The highest BCUT2D eigenvalue weighted by atomic mass is 16.7. The third-order valence-electron chi connectivity index (χ3n) is 3.93. The topological polar surface area (TPSA) is 95.6 Å². The van der Waals surface area contributed by atoms with Gasteiger partial charge in [-0.05, 0) is 24.6 Å². The summed E-state index contributed by atoms with van der Waals surface area (Å²) in [6.07, 6.45) is 5.88. The Labute approximate surface area is 176 Å². The van der Waals surface area contributed by atoms with Crippen LogP contribution in [0.3, 0.4) is 0 Å². The zero-order chi connectivity index (χ0) is 21.6. The molecule has 0 fully saturated rings. The molecule has 30 heavy (non-hydrogen) atoms. The van der Waals surface area contributed by atoms with E-state index in [0.717, 1.165) is 24.0 Å². The molecule has 9 nitrogen and oxygen atoms in total. The van der Waals surface area contributed by atoms with Crippen LogP contribution in [0.1, 0.15) is 37.8 Å². The predicted octanol–water partition coefficient (Wildman–Crippen LogP) is 3.65. The van der Waals surface area contributed by atoms with E-state index in [2.05, 4.69) is 27.5 Å². The number of ether oxygens (including phenoxy) is 1. The van der Waals surface area contributed by atoms with Gasteiger partial charge in [-0.25, -0.2) is 0 Å². The number of allylic oxidation sites excluding steroid dienone is 2. The first-order valence-corrected chi connectivity index (χ1v) is 9.68. The van der Waals surface area contributed by atoms with Gasteiger partial charge in [0.1, 0.15) is 38.9 Å². The molecule has 9 heteroatoms. The second-order valence-corrected chi connectivity index (χ2v) is 6.16. The molecule has 0 aliphatic carbocycles. The van der Waals surface area contributed by atoms with Crippen LogP contribution in [0.2, 0.25) is 0 Å². The number of nitrogens with zero attached hydrogens (tertiary/aromatic N) is 4. The molecule has 2 rings (SSSR count). The van der Waals surface area contributed by atoms with Gasteiger partial charge in [0.05, 0.1) is 0 Å². The Kier molecular flexibility index (Phi) is 9.91. The fourth-order valence-corrected chi connectivity index (χ4v) is 2.51. The fourth-order valence-electron chi connectivity index (χ4n) is 2.51. The van der Waals surface area contributed by atoms with Crippen molar-refractivity contribution in [3.63, 3.8) is 0 Å². The monoisotopic (exact) mass is 416 g/mol. The molecule has 0 bridgehead atoms. The molecule has 1 heterocycles. The largest absolute Gasteiger partial charge is 0.470 e. The fraction of sp³-hybridized carbons (Fsp3) is 0.429. The van der Waals surface area contributed by atoms with Gasteiger partial charge in [-0.15, -0.1) is 0 Å². The molecule has 0 amide bonds. The zero-order valence-corrected chi connectivity index (χ0v) is 17.8. The van der Waals surface area contributed by atoms with E-state index in [1.807, 2.05) is 36.4 Å². The zero-order valence-electron chi connectivity index (χ0n) is 17.8. The van der Waals surface area contributed by atoms with E-state index in [1.165, 1.54) is 14.2 Å². The molecule has 1 aromatic rings. The first kappa shape index (κ1) is 22.9. The van der Waals surface area contributed by atoms with E-state index in [-0.39, 0.29) is 12.5 Å². The van der Waals surface area contributed by atoms with Crippen LogP contribution in [0.25, 0.3) is 0 Å². The normalized spacial score (nSPS) is 15.3. The summed E-state index contributed by atoms with van der Waals surface area (Å²) < 4.78 is 5.56. The molecular weight excluding hydrogens is 388 g/mol. The number of benzene rings is 1. The lowest BCUT2D eigenvalue weighted by Crippen LogP contribution is -2.26. The van der Waals surface area contributed by atoms with E-state index in [1.54, 1.807) is 6.92 Å². The molecule has 0 spiro atoms. The average Bonchev–Trinajstić information content (AvgIpc) is 2.78. The lowest BCUT2D eigenvalue weighted by atomic mass is 10.0. The summed E-state index contributed by atoms with van der Waals surface area (Å²) in [5.74, 6) is 0.255. The summed E-state index contributed by atoms with van der Waals surface area (Å²) in [6.45, 7) is 4.89. The highest BCUT2D eigenvalue weighted by Crippen LogP contribution is 2.15. The van der Waals surface area contributed by atoms with Crippen molar-refractivity contribution in [3.05, 3.63) is 47.5 Å². The molecular formula is C21H28N4O5. The minimum atomic E-state index is 0.198. The third kappa shape index (κ3) is 6.91. The van der Waals surface area contributed by atoms with Crippen LogP contribution in [0.4, 0.5) is 0 Å². The van der Waals surface area contributed by atoms with Gasteiger partial charge in [-0.2, -0.15) is 0 Å². The van der Waals surface area contributed by atoms with Gasteiger partial charge < -0.3 is 24.1 Å². The number of hydrogen-bond acceptors (Lipinski definition) is 9. The van der Waals surface area contributed by atoms with Crippen LogP contribution >= 0.6 is 0 Å². The van der Waals surface area contributed by atoms with Crippen LogP contribution in [-0.2, 0) is 30.7 Å². The summed E-state index contributed by atoms with van der Waals surface area (Å²) in [5, 5.41) is 16.2. The van der Waals surface area contributed by atoms with Crippen molar-refractivity contribution in [2.45, 2.75) is 33.3 Å². The molecule has 0 atom stereocenters. The van der Waals surface area contributed by atoms with E-state index >= 15 is 0 Å². The Morgan fingerprint density at radius 3 is 2.63 bits per heavy atom.